The van der Waals surface area contributed by atoms with Gasteiger partial charge in [-0.25, -0.2) is 0 Å². The highest BCUT2D eigenvalue weighted by molar-refractivity contribution is 9.10. The van der Waals surface area contributed by atoms with Crippen molar-refractivity contribution in [2.24, 2.45) is 5.73 Å². The zero-order valence-corrected chi connectivity index (χ0v) is 12.4. The molecule has 0 radical (unpaired) electrons. The Balaban J connectivity index is 2.00. The van der Waals surface area contributed by atoms with Crippen molar-refractivity contribution in [3.63, 3.8) is 0 Å². The highest BCUT2D eigenvalue weighted by atomic mass is 79.9. The summed E-state index contributed by atoms with van der Waals surface area (Å²) in [6.45, 7) is 0.510. The predicted octanol–water partition coefficient (Wildman–Crippen LogP) is 4.85. The molecule has 0 saturated carbocycles. The van der Waals surface area contributed by atoms with E-state index in [2.05, 4.69) is 34.1 Å². The maximum Gasteiger partial charge on any atom is 0.142 e. The lowest BCUT2D eigenvalue weighted by Gasteiger charge is -2.10. The van der Waals surface area contributed by atoms with E-state index < -0.39 is 0 Å². The fourth-order valence-corrected chi connectivity index (χ4v) is 2.73. The number of hydrogen-bond acceptors (Lipinski definition) is 2. The standard InChI is InChI=1S/C17H14BrNO/c18-17-15-7-2-1-5-13(15)8-9-16(17)20-14-6-3-4-12(10-14)11-19/h1-10H,11,19H2. The molecular formula is C17H14BrNO. The van der Waals surface area contributed by atoms with Gasteiger partial charge in [-0.2, -0.15) is 0 Å². The Morgan fingerprint density at radius 2 is 1.80 bits per heavy atom. The highest BCUT2D eigenvalue weighted by Crippen LogP contribution is 2.35. The molecule has 0 aromatic heterocycles. The molecule has 0 saturated heterocycles. The quantitative estimate of drug-likeness (QED) is 0.746. The van der Waals surface area contributed by atoms with Crippen molar-refractivity contribution in [1.29, 1.82) is 0 Å². The lowest BCUT2D eigenvalue weighted by atomic mass is 10.1. The summed E-state index contributed by atoms with van der Waals surface area (Å²) in [5.41, 5.74) is 6.71. The van der Waals surface area contributed by atoms with Crippen molar-refractivity contribution in [3.8, 4) is 11.5 Å². The van der Waals surface area contributed by atoms with Crippen molar-refractivity contribution < 1.29 is 4.74 Å². The molecule has 3 rings (SSSR count). The molecule has 0 amide bonds. The molecule has 20 heavy (non-hydrogen) atoms. The zero-order chi connectivity index (χ0) is 13.9. The molecule has 2 N–H and O–H groups in total. The molecule has 0 fully saturated rings. The van der Waals surface area contributed by atoms with Gasteiger partial charge < -0.3 is 10.5 Å². The van der Waals surface area contributed by atoms with Crippen LogP contribution in [0, 0.1) is 0 Å². The van der Waals surface area contributed by atoms with Crippen molar-refractivity contribution in [1.82, 2.24) is 0 Å². The van der Waals surface area contributed by atoms with E-state index in [1.807, 2.05) is 42.5 Å². The first kappa shape index (κ1) is 13.2. The van der Waals surface area contributed by atoms with Crippen LogP contribution in [0.4, 0.5) is 0 Å². The fraction of sp³-hybridized carbons (Fsp3) is 0.0588. The predicted molar refractivity (Wildman–Crippen MR) is 86.1 cm³/mol. The second kappa shape index (κ2) is 5.65. The fourth-order valence-electron chi connectivity index (χ4n) is 2.16. The largest absolute Gasteiger partial charge is 0.456 e. The minimum atomic E-state index is 0.510. The second-order valence-electron chi connectivity index (χ2n) is 4.55. The number of fused-ring (bicyclic) bond motifs is 1. The van der Waals surface area contributed by atoms with Gasteiger partial charge in [-0.3, -0.25) is 0 Å². The number of ether oxygens (including phenoxy) is 1. The first-order valence-electron chi connectivity index (χ1n) is 6.42. The van der Waals surface area contributed by atoms with Crippen LogP contribution in [0.5, 0.6) is 11.5 Å². The Morgan fingerprint density at radius 3 is 2.65 bits per heavy atom. The van der Waals surface area contributed by atoms with E-state index in [-0.39, 0.29) is 0 Å². The van der Waals surface area contributed by atoms with Crippen LogP contribution in [0.15, 0.2) is 65.1 Å². The number of rotatable bonds is 3. The third-order valence-corrected chi connectivity index (χ3v) is 4.01. The smallest absolute Gasteiger partial charge is 0.142 e. The molecule has 0 spiro atoms. The summed E-state index contributed by atoms with van der Waals surface area (Å²) in [4.78, 5) is 0. The molecule has 100 valence electrons. The Bertz CT molecular complexity index is 755. The summed E-state index contributed by atoms with van der Waals surface area (Å²) >= 11 is 3.63. The molecular weight excluding hydrogens is 314 g/mol. The summed E-state index contributed by atoms with van der Waals surface area (Å²) in [6, 6.07) is 20.1. The lowest BCUT2D eigenvalue weighted by molar-refractivity contribution is 0.480. The maximum atomic E-state index is 5.96. The van der Waals surface area contributed by atoms with Crippen molar-refractivity contribution >= 4 is 26.7 Å². The number of benzene rings is 3. The van der Waals surface area contributed by atoms with Gasteiger partial charge >= 0.3 is 0 Å². The molecule has 0 heterocycles. The average molecular weight is 328 g/mol. The molecule has 0 bridgehead atoms. The Hall–Kier alpha value is -1.84. The number of hydrogen-bond donors (Lipinski definition) is 1. The highest BCUT2D eigenvalue weighted by Gasteiger charge is 2.07. The molecule has 0 unspecified atom stereocenters. The summed E-state index contributed by atoms with van der Waals surface area (Å²) in [7, 11) is 0. The topological polar surface area (TPSA) is 35.2 Å². The van der Waals surface area contributed by atoms with Crippen LogP contribution >= 0.6 is 15.9 Å². The molecule has 0 aliphatic rings. The normalized spacial score (nSPS) is 10.7. The minimum absolute atomic E-state index is 0.510. The third-order valence-electron chi connectivity index (χ3n) is 3.19. The van der Waals surface area contributed by atoms with Crippen LogP contribution in [-0.2, 0) is 6.54 Å². The number of halogens is 1. The Morgan fingerprint density at radius 1 is 0.950 bits per heavy atom. The van der Waals surface area contributed by atoms with Crippen LogP contribution in [-0.4, -0.2) is 0 Å². The van der Waals surface area contributed by atoms with Crippen LogP contribution in [0.3, 0.4) is 0 Å². The number of nitrogens with two attached hydrogens (primary N) is 1. The van der Waals surface area contributed by atoms with Crippen LogP contribution in [0.2, 0.25) is 0 Å². The Labute approximate surface area is 126 Å². The average Bonchev–Trinajstić information content (AvgIpc) is 2.50. The summed E-state index contributed by atoms with van der Waals surface area (Å²) in [5.74, 6) is 1.60. The third kappa shape index (κ3) is 2.55. The van der Waals surface area contributed by atoms with E-state index in [1.165, 1.54) is 5.39 Å². The van der Waals surface area contributed by atoms with Crippen molar-refractivity contribution in [2.75, 3.05) is 0 Å². The molecule has 0 atom stereocenters. The first-order chi connectivity index (χ1) is 9.78. The Kier molecular flexibility index (Phi) is 3.72. The van der Waals surface area contributed by atoms with Crippen molar-refractivity contribution in [2.45, 2.75) is 6.54 Å². The molecule has 3 aromatic carbocycles. The molecule has 0 aliphatic carbocycles. The van der Waals surface area contributed by atoms with Gasteiger partial charge in [0.15, 0.2) is 0 Å². The second-order valence-corrected chi connectivity index (χ2v) is 5.35. The van der Waals surface area contributed by atoms with E-state index in [1.54, 1.807) is 0 Å². The molecule has 3 heteroatoms. The summed E-state index contributed by atoms with van der Waals surface area (Å²) in [5, 5.41) is 2.32. The van der Waals surface area contributed by atoms with Gasteiger partial charge in [-0.1, -0.05) is 42.5 Å². The monoisotopic (exact) mass is 327 g/mol. The lowest BCUT2D eigenvalue weighted by Crippen LogP contribution is -1.96. The summed E-state index contributed by atoms with van der Waals surface area (Å²) < 4.78 is 6.92. The van der Waals surface area contributed by atoms with Crippen LogP contribution < -0.4 is 10.5 Å². The van der Waals surface area contributed by atoms with Gasteiger partial charge in [0.2, 0.25) is 0 Å². The van der Waals surface area contributed by atoms with Gasteiger partial charge in [-0.15, -0.1) is 0 Å². The molecule has 3 aromatic rings. The van der Waals surface area contributed by atoms with E-state index in [9.17, 15) is 0 Å². The van der Waals surface area contributed by atoms with Crippen molar-refractivity contribution in [3.05, 3.63) is 70.7 Å². The SMILES string of the molecule is NCc1cccc(Oc2ccc3ccccc3c2Br)c1. The zero-order valence-electron chi connectivity index (χ0n) is 10.8. The molecule has 0 aliphatic heterocycles. The van der Waals surface area contributed by atoms with Crippen LogP contribution in [0.1, 0.15) is 5.56 Å². The minimum Gasteiger partial charge on any atom is -0.456 e. The first-order valence-corrected chi connectivity index (χ1v) is 7.21. The summed E-state index contributed by atoms with van der Waals surface area (Å²) in [6.07, 6.45) is 0. The molecule has 2 nitrogen and oxygen atoms in total. The van der Waals surface area contributed by atoms with Crippen LogP contribution in [0.25, 0.3) is 10.8 Å². The van der Waals surface area contributed by atoms with Gasteiger partial charge in [0.25, 0.3) is 0 Å². The van der Waals surface area contributed by atoms with Gasteiger partial charge in [0.1, 0.15) is 11.5 Å². The van der Waals surface area contributed by atoms with E-state index >= 15 is 0 Å². The van der Waals surface area contributed by atoms with E-state index in [0.717, 1.165) is 26.9 Å². The van der Waals surface area contributed by atoms with E-state index in [4.69, 9.17) is 10.5 Å². The maximum absolute atomic E-state index is 5.96. The van der Waals surface area contributed by atoms with Gasteiger partial charge in [-0.05, 0) is 50.5 Å². The van der Waals surface area contributed by atoms with Gasteiger partial charge in [0, 0.05) is 6.54 Å². The van der Waals surface area contributed by atoms with E-state index in [0.29, 0.717) is 6.54 Å². The van der Waals surface area contributed by atoms with Gasteiger partial charge in [0.05, 0.1) is 4.47 Å².